The molecule has 170 valence electrons. The van der Waals surface area contributed by atoms with Crippen molar-refractivity contribution in [3.05, 3.63) is 58.9 Å². The summed E-state index contributed by atoms with van der Waals surface area (Å²) >= 11 is 0. The largest absolute Gasteiger partial charge is 0.496 e. The number of carbonyl (C=O) groups excluding carboxylic acids is 1. The number of ether oxygens (including phenoxy) is 2. The normalized spacial score (nSPS) is 11.8. The second-order valence-electron chi connectivity index (χ2n) is 8.10. The summed E-state index contributed by atoms with van der Waals surface area (Å²) in [7, 11) is 1.65. The Morgan fingerprint density at radius 2 is 1.94 bits per heavy atom. The van der Waals surface area contributed by atoms with E-state index in [4.69, 9.17) is 13.9 Å². The van der Waals surface area contributed by atoms with Crippen molar-refractivity contribution in [3.63, 3.8) is 0 Å². The average molecular weight is 436 g/mol. The van der Waals surface area contributed by atoms with Crippen molar-refractivity contribution in [2.75, 3.05) is 26.9 Å². The van der Waals surface area contributed by atoms with Crippen LogP contribution in [0.2, 0.25) is 0 Å². The van der Waals surface area contributed by atoms with E-state index in [1.807, 2.05) is 27.0 Å². The van der Waals surface area contributed by atoms with Crippen molar-refractivity contribution in [2.24, 2.45) is 0 Å². The van der Waals surface area contributed by atoms with Crippen LogP contribution >= 0.6 is 0 Å². The Balaban J connectivity index is 1.98. The van der Waals surface area contributed by atoms with Crippen molar-refractivity contribution in [1.82, 2.24) is 5.32 Å². The number of fused-ring (bicyclic) bond motifs is 1. The van der Waals surface area contributed by atoms with Crippen molar-refractivity contribution in [1.29, 1.82) is 0 Å². The molecule has 1 aromatic heterocycles. The minimum atomic E-state index is -0.124. The maximum absolute atomic E-state index is 12.4. The van der Waals surface area contributed by atoms with Crippen molar-refractivity contribution in [3.8, 4) is 16.9 Å². The van der Waals surface area contributed by atoms with Crippen LogP contribution in [0.3, 0.4) is 0 Å². The van der Waals surface area contributed by atoms with Crippen LogP contribution in [0.1, 0.15) is 42.5 Å². The van der Waals surface area contributed by atoms with Gasteiger partial charge in [-0.2, -0.15) is 0 Å². The van der Waals surface area contributed by atoms with Gasteiger partial charge >= 0.3 is 0 Å². The summed E-state index contributed by atoms with van der Waals surface area (Å²) in [4.78, 5) is 12.4. The first-order chi connectivity index (χ1) is 15.4. The number of amides is 1. The van der Waals surface area contributed by atoms with Gasteiger partial charge in [-0.1, -0.05) is 23.8 Å². The molecule has 0 radical (unpaired) electrons. The van der Waals surface area contributed by atoms with E-state index in [-0.39, 0.29) is 5.91 Å². The Hall–Kier alpha value is -3.05. The van der Waals surface area contributed by atoms with Gasteiger partial charge in [-0.15, -0.1) is 0 Å². The molecule has 1 heterocycles. The summed E-state index contributed by atoms with van der Waals surface area (Å²) in [5, 5.41) is 3.93. The molecule has 0 aliphatic carbocycles. The number of allylic oxidation sites excluding steroid dienone is 1. The molecule has 0 saturated carbocycles. The molecule has 0 fully saturated rings. The van der Waals surface area contributed by atoms with Crippen LogP contribution in [-0.2, 0) is 9.53 Å². The van der Waals surface area contributed by atoms with Crippen LogP contribution in [0.15, 0.2) is 41.0 Å². The van der Waals surface area contributed by atoms with Gasteiger partial charge in [0, 0.05) is 47.9 Å². The number of aryl methyl sites for hydroxylation is 3. The number of nitrogens with one attached hydrogen (secondary N) is 1. The molecular weight excluding hydrogens is 402 g/mol. The molecule has 0 spiro atoms. The van der Waals surface area contributed by atoms with Gasteiger partial charge < -0.3 is 19.2 Å². The Bertz CT molecular complexity index is 1140. The second-order valence-corrected chi connectivity index (χ2v) is 8.10. The lowest BCUT2D eigenvalue weighted by molar-refractivity contribution is -0.116. The van der Waals surface area contributed by atoms with E-state index < -0.39 is 0 Å². The van der Waals surface area contributed by atoms with Gasteiger partial charge in [-0.05, 0) is 63.8 Å². The highest BCUT2D eigenvalue weighted by atomic mass is 16.5. The fourth-order valence-electron chi connectivity index (χ4n) is 4.05. The highest BCUT2D eigenvalue weighted by Crippen LogP contribution is 2.41. The Kier molecular flexibility index (Phi) is 7.75. The minimum Gasteiger partial charge on any atom is -0.496 e. The second kappa shape index (κ2) is 10.5. The molecule has 3 rings (SSSR count). The molecule has 0 bridgehead atoms. The standard InChI is InChI=1S/C27H33NO4/c1-7-31-12-8-11-28-25(29)14-19(4)22-15-23-24(21-10-9-17(2)13-18(21)3)16-32-27(23)20(5)26(22)30-6/h9-10,13-16H,7-8,11-12H2,1-6H3,(H,28,29)/b19-14+. The molecule has 3 aromatic rings. The Labute approximate surface area is 190 Å². The molecule has 5 heteroatoms. The Morgan fingerprint density at radius 1 is 1.16 bits per heavy atom. The number of rotatable bonds is 9. The average Bonchev–Trinajstić information content (AvgIpc) is 3.17. The lowest BCUT2D eigenvalue weighted by atomic mass is 9.94. The first kappa shape index (κ1) is 23.6. The monoisotopic (exact) mass is 435 g/mol. The molecule has 5 nitrogen and oxygen atoms in total. The van der Waals surface area contributed by atoms with Crippen LogP contribution in [0, 0.1) is 20.8 Å². The first-order valence-electron chi connectivity index (χ1n) is 11.1. The van der Waals surface area contributed by atoms with Gasteiger partial charge in [0.25, 0.3) is 0 Å². The number of furan rings is 1. The van der Waals surface area contributed by atoms with Gasteiger partial charge in [0.2, 0.25) is 5.91 Å². The summed E-state index contributed by atoms with van der Waals surface area (Å²) in [6.45, 7) is 12.0. The van der Waals surface area contributed by atoms with E-state index >= 15 is 0 Å². The quantitative estimate of drug-likeness (QED) is 0.332. The van der Waals surface area contributed by atoms with Gasteiger partial charge in [0.15, 0.2) is 0 Å². The van der Waals surface area contributed by atoms with E-state index in [9.17, 15) is 4.79 Å². The molecule has 2 aromatic carbocycles. The molecule has 1 amide bonds. The van der Waals surface area contributed by atoms with Crippen LogP contribution in [-0.4, -0.2) is 32.8 Å². The SMILES string of the molecule is CCOCCCNC(=O)/C=C(\C)c1cc2c(-c3ccc(C)cc3C)coc2c(C)c1OC. The first-order valence-corrected chi connectivity index (χ1v) is 11.1. The highest BCUT2D eigenvalue weighted by molar-refractivity contribution is 6.02. The van der Waals surface area contributed by atoms with Crippen LogP contribution in [0.5, 0.6) is 5.75 Å². The van der Waals surface area contributed by atoms with Crippen molar-refractivity contribution in [2.45, 2.75) is 41.0 Å². The lowest BCUT2D eigenvalue weighted by Gasteiger charge is -2.14. The summed E-state index contributed by atoms with van der Waals surface area (Å²) in [5.41, 5.74) is 8.03. The number of hydrogen-bond donors (Lipinski definition) is 1. The number of benzene rings is 2. The highest BCUT2D eigenvalue weighted by Gasteiger charge is 2.19. The van der Waals surface area contributed by atoms with Gasteiger partial charge in [-0.25, -0.2) is 0 Å². The van der Waals surface area contributed by atoms with Crippen LogP contribution in [0.4, 0.5) is 0 Å². The summed E-state index contributed by atoms with van der Waals surface area (Å²) in [6.07, 6.45) is 4.22. The summed E-state index contributed by atoms with van der Waals surface area (Å²) in [6, 6.07) is 8.48. The topological polar surface area (TPSA) is 60.7 Å². The van der Waals surface area contributed by atoms with E-state index in [1.165, 1.54) is 11.1 Å². The maximum Gasteiger partial charge on any atom is 0.244 e. The molecular formula is C27H33NO4. The third-order valence-corrected chi connectivity index (χ3v) is 5.66. The van der Waals surface area contributed by atoms with E-state index in [2.05, 4.69) is 43.4 Å². The van der Waals surface area contributed by atoms with E-state index in [1.54, 1.807) is 13.2 Å². The zero-order valence-corrected chi connectivity index (χ0v) is 19.9. The van der Waals surface area contributed by atoms with E-state index in [0.29, 0.717) is 19.8 Å². The Morgan fingerprint density at radius 3 is 2.62 bits per heavy atom. The third kappa shape index (κ3) is 5.05. The van der Waals surface area contributed by atoms with Crippen molar-refractivity contribution < 1.29 is 18.7 Å². The van der Waals surface area contributed by atoms with E-state index in [0.717, 1.165) is 51.0 Å². The van der Waals surface area contributed by atoms with Gasteiger partial charge in [0.05, 0.1) is 13.4 Å². The number of carbonyl (C=O) groups is 1. The van der Waals surface area contributed by atoms with Gasteiger partial charge in [0.1, 0.15) is 11.3 Å². The molecule has 0 aliphatic heterocycles. The smallest absolute Gasteiger partial charge is 0.244 e. The fraction of sp³-hybridized carbons (Fsp3) is 0.370. The van der Waals surface area contributed by atoms with Gasteiger partial charge in [-0.3, -0.25) is 4.79 Å². The van der Waals surface area contributed by atoms with Crippen LogP contribution < -0.4 is 10.1 Å². The lowest BCUT2D eigenvalue weighted by Crippen LogP contribution is -2.23. The summed E-state index contributed by atoms with van der Waals surface area (Å²) < 4.78 is 17.0. The predicted octanol–water partition coefficient (Wildman–Crippen LogP) is 5.98. The zero-order chi connectivity index (χ0) is 23.3. The molecule has 1 N–H and O–H groups in total. The third-order valence-electron chi connectivity index (χ3n) is 5.66. The molecule has 0 unspecified atom stereocenters. The predicted molar refractivity (Wildman–Crippen MR) is 130 cm³/mol. The molecule has 0 atom stereocenters. The number of hydrogen-bond acceptors (Lipinski definition) is 4. The zero-order valence-electron chi connectivity index (χ0n) is 19.9. The van der Waals surface area contributed by atoms with Crippen molar-refractivity contribution >= 4 is 22.4 Å². The van der Waals surface area contributed by atoms with Crippen LogP contribution in [0.25, 0.3) is 27.7 Å². The molecule has 0 aliphatic rings. The fourth-order valence-corrected chi connectivity index (χ4v) is 4.05. The minimum absolute atomic E-state index is 0.124. The molecule has 0 saturated heterocycles. The summed E-state index contributed by atoms with van der Waals surface area (Å²) in [5.74, 6) is 0.595. The number of methoxy groups -OCH3 is 1. The maximum atomic E-state index is 12.4. The molecule has 32 heavy (non-hydrogen) atoms.